The molecule has 0 unspecified atom stereocenters. The van der Waals surface area contributed by atoms with Gasteiger partial charge in [0.25, 0.3) is 0 Å². The normalized spacial score (nSPS) is 18.8. The first-order valence-electron chi connectivity index (χ1n) is 12.0. The molecule has 0 amide bonds. The molecule has 0 aromatic heterocycles. The van der Waals surface area contributed by atoms with E-state index in [0.29, 0.717) is 18.0 Å². The average molecular weight is 483 g/mol. The van der Waals surface area contributed by atoms with Gasteiger partial charge in [-0.2, -0.15) is 4.31 Å². The second-order valence-corrected chi connectivity index (χ2v) is 11.0. The highest BCUT2D eigenvalue weighted by Gasteiger charge is 2.37. The molecule has 1 aliphatic heterocycles. The Morgan fingerprint density at radius 2 is 1.34 bits per heavy atom. The number of benzene rings is 4. The van der Waals surface area contributed by atoms with Crippen LogP contribution in [0.5, 0.6) is 0 Å². The van der Waals surface area contributed by atoms with Crippen LogP contribution >= 0.6 is 0 Å². The smallest absolute Gasteiger partial charge is 0.243 e. The predicted octanol–water partition coefficient (Wildman–Crippen LogP) is 6.36. The minimum absolute atomic E-state index is 0.0528. The van der Waals surface area contributed by atoms with Crippen molar-refractivity contribution in [3.05, 3.63) is 120 Å². The number of nitrogens with zero attached hydrogens (tertiary/aromatic N) is 1. The highest BCUT2D eigenvalue weighted by Crippen LogP contribution is 2.42. The lowest BCUT2D eigenvalue weighted by Gasteiger charge is -2.38. The number of hydrogen-bond donors (Lipinski definition) is 1. The molecule has 178 valence electrons. The first kappa shape index (κ1) is 23.3. The molecular weight excluding hydrogens is 452 g/mol. The lowest BCUT2D eigenvalue weighted by atomic mass is 9.77. The van der Waals surface area contributed by atoms with Crippen LogP contribution in [0.25, 0.3) is 11.1 Å². The van der Waals surface area contributed by atoms with Crippen molar-refractivity contribution in [1.29, 1.82) is 0 Å². The van der Waals surface area contributed by atoms with Crippen molar-refractivity contribution in [3.8, 4) is 11.1 Å². The topological polar surface area (TPSA) is 49.4 Å². The Bertz CT molecular complexity index is 1390. The minimum Gasteiger partial charge on any atom is -0.388 e. The van der Waals surface area contributed by atoms with Gasteiger partial charge in [-0.25, -0.2) is 8.42 Å². The van der Waals surface area contributed by atoms with Gasteiger partial charge < -0.3 is 5.32 Å². The summed E-state index contributed by atoms with van der Waals surface area (Å²) in [4.78, 5) is 0.356. The predicted molar refractivity (Wildman–Crippen MR) is 143 cm³/mol. The Hall–Kier alpha value is -3.41. The molecule has 2 atom stereocenters. The van der Waals surface area contributed by atoms with Crippen LogP contribution in [0.15, 0.2) is 114 Å². The molecule has 1 saturated heterocycles. The maximum absolute atomic E-state index is 13.5. The van der Waals surface area contributed by atoms with Gasteiger partial charge in [0.2, 0.25) is 10.0 Å². The van der Waals surface area contributed by atoms with Crippen LogP contribution < -0.4 is 5.32 Å². The molecule has 1 N–H and O–H groups in total. The molecule has 5 rings (SSSR count). The molecule has 4 nitrogen and oxygen atoms in total. The molecule has 0 aliphatic carbocycles. The average Bonchev–Trinajstić information content (AvgIpc) is 2.94. The number of rotatable bonds is 6. The Balaban J connectivity index is 1.53. The Labute approximate surface area is 208 Å². The monoisotopic (exact) mass is 482 g/mol. The van der Waals surface area contributed by atoms with Gasteiger partial charge in [0.15, 0.2) is 0 Å². The summed E-state index contributed by atoms with van der Waals surface area (Å²) in [5.41, 5.74) is 5.76. The Morgan fingerprint density at radius 1 is 0.714 bits per heavy atom. The van der Waals surface area contributed by atoms with Gasteiger partial charge in [-0.15, -0.1) is 0 Å². The summed E-state index contributed by atoms with van der Waals surface area (Å²) in [6.07, 6.45) is 0.778. The molecule has 0 saturated carbocycles. The summed E-state index contributed by atoms with van der Waals surface area (Å²) in [5.74, 6) is 0.300. The van der Waals surface area contributed by atoms with E-state index in [1.54, 1.807) is 28.6 Å². The van der Waals surface area contributed by atoms with Crippen LogP contribution in [0.2, 0.25) is 0 Å². The fourth-order valence-corrected chi connectivity index (χ4v) is 6.62. The molecular formula is C30H30N2O2S. The zero-order valence-electron chi connectivity index (χ0n) is 19.8. The third-order valence-corrected chi connectivity index (χ3v) is 8.86. The molecule has 1 fully saturated rings. The van der Waals surface area contributed by atoms with E-state index < -0.39 is 10.0 Å². The molecule has 35 heavy (non-hydrogen) atoms. The van der Waals surface area contributed by atoms with Crippen molar-refractivity contribution in [2.45, 2.75) is 23.2 Å². The van der Waals surface area contributed by atoms with Crippen LogP contribution in [0.4, 0.5) is 5.69 Å². The lowest BCUT2D eigenvalue weighted by molar-refractivity contribution is 0.285. The third-order valence-electron chi connectivity index (χ3n) is 6.98. The summed E-state index contributed by atoms with van der Waals surface area (Å²) in [6, 6.07) is 36.2. The first-order chi connectivity index (χ1) is 17.1. The minimum atomic E-state index is -3.55. The highest BCUT2D eigenvalue weighted by molar-refractivity contribution is 7.89. The van der Waals surface area contributed by atoms with Crippen LogP contribution in [-0.4, -0.2) is 32.9 Å². The van der Waals surface area contributed by atoms with Crippen molar-refractivity contribution >= 4 is 15.7 Å². The van der Waals surface area contributed by atoms with Crippen molar-refractivity contribution in [2.24, 2.45) is 0 Å². The van der Waals surface area contributed by atoms with Gasteiger partial charge in [-0.1, -0.05) is 84.9 Å². The SMILES string of the molecule is CNc1cccc(-c2cccc([C@@H]3CN(S(=O)(=O)c4ccccc4)CC[C@H]3c3ccccc3)c2)c1. The number of sulfonamides is 1. The summed E-state index contributed by atoms with van der Waals surface area (Å²) in [6.45, 7) is 0.966. The highest BCUT2D eigenvalue weighted by atomic mass is 32.2. The largest absolute Gasteiger partial charge is 0.388 e. The quantitative estimate of drug-likeness (QED) is 0.348. The molecule has 4 aromatic carbocycles. The molecule has 0 radical (unpaired) electrons. The van der Waals surface area contributed by atoms with Gasteiger partial charge in [-0.05, 0) is 58.9 Å². The summed E-state index contributed by atoms with van der Waals surface area (Å²) in [7, 11) is -1.63. The van der Waals surface area contributed by atoms with E-state index >= 15 is 0 Å². The summed E-state index contributed by atoms with van der Waals surface area (Å²) in [5, 5.41) is 3.21. The molecule has 0 bridgehead atoms. The number of nitrogens with one attached hydrogen (secondary N) is 1. The number of hydrogen-bond acceptors (Lipinski definition) is 3. The van der Waals surface area contributed by atoms with Crippen molar-refractivity contribution < 1.29 is 8.42 Å². The van der Waals surface area contributed by atoms with E-state index in [1.165, 1.54) is 11.1 Å². The fraction of sp³-hybridized carbons (Fsp3) is 0.200. The second-order valence-electron chi connectivity index (χ2n) is 9.04. The van der Waals surface area contributed by atoms with Crippen molar-refractivity contribution in [1.82, 2.24) is 4.31 Å². The maximum Gasteiger partial charge on any atom is 0.243 e. The van der Waals surface area contributed by atoms with Crippen molar-refractivity contribution in [2.75, 3.05) is 25.5 Å². The second kappa shape index (κ2) is 10.1. The summed E-state index contributed by atoms with van der Waals surface area (Å²) >= 11 is 0. The first-order valence-corrected chi connectivity index (χ1v) is 13.5. The molecule has 0 spiro atoms. The van der Waals surface area contributed by atoms with E-state index in [0.717, 1.165) is 23.2 Å². The lowest BCUT2D eigenvalue weighted by Crippen LogP contribution is -2.42. The summed E-state index contributed by atoms with van der Waals surface area (Å²) < 4.78 is 28.6. The molecule has 4 aromatic rings. The number of piperidine rings is 1. The van der Waals surface area contributed by atoms with E-state index in [-0.39, 0.29) is 11.8 Å². The Morgan fingerprint density at radius 3 is 2.06 bits per heavy atom. The Kier molecular flexibility index (Phi) is 6.71. The maximum atomic E-state index is 13.5. The van der Waals surface area contributed by atoms with Crippen LogP contribution in [0, 0.1) is 0 Å². The number of anilines is 1. The molecule has 5 heteroatoms. The van der Waals surface area contributed by atoms with E-state index in [9.17, 15) is 8.42 Å². The van der Waals surface area contributed by atoms with Gasteiger partial charge in [0, 0.05) is 31.7 Å². The molecule has 1 aliphatic rings. The van der Waals surface area contributed by atoms with E-state index in [1.807, 2.05) is 25.2 Å². The van der Waals surface area contributed by atoms with Crippen LogP contribution in [0.3, 0.4) is 0 Å². The van der Waals surface area contributed by atoms with Gasteiger partial charge in [0.05, 0.1) is 4.90 Å². The fourth-order valence-electron chi connectivity index (χ4n) is 5.12. The van der Waals surface area contributed by atoms with Gasteiger partial charge >= 0.3 is 0 Å². The molecule has 1 heterocycles. The van der Waals surface area contributed by atoms with Crippen LogP contribution in [0.1, 0.15) is 29.4 Å². The van der Waals surface area contributed by atoms with Gasteiger partial charge in [-0.3, -0.25) is 0 Å². The zero-order chi connectivity index (χ0) is 24.3. The zero-order valence-corrected chi connectivity index (χ0v) is 20.7. The van der Waals surface area contributed by atoms with Crippen LogP contribution in [-0.2, 0) is 10.0 Å². The third kappa shape index (κ3) is 4.88. The van der Waals surface area contributed by atoms with E-state index in [2.05, 4.69) is 72.0 Å². The van der Waals surface area contributed by atoms with Crippen molar-refractivity contribution in [3.63, 3.8) is 0 Å². The van der Waals surface area contributed by atoms with E-state index in [4.69, 9.17) is 0 Å². The standard InChI is InChI=1S/C30H30N2O2S/c1-31-27-15-9-13-25(21-27)24-12-8-14-26(20-24)30-22-32(35(33,34)28-16-6-3-7-17-28)19-18-29(30)23-10-4-2-5-11-23/h2-17,20-21,29-31H,18-19,22H2,1H3/t29-,30-/m0/s1. The van der Waals surface area contributed by atoms with Gasteiger partial charge in [0.1, 0.15) is 0 Å².